The van der Waals surface area contributed by atoms with Crippen molar-refractivity contribution in [3.8, 4) is 0 Å². The molecule has 200 valence electrons. The van der Waals surface area contributed by atoms with E-state index in [-0.39, 0.29) is 30.5 Å². The maximum atomic E-state index is 14.0. The summed E-state index contributed by atoms with van der Waals surface area (Å²) >= 11 is 0. The molecule has 3 N–H and O–H groups in total. The lowest BCUT2D eigenvalue weighted by molar-refractivity contribution is -0.142. The quantitative estimate of drug-likeness (QED) is 0.469. The Kier molecular flexibility index (Phi) is 6.14. The van der Waals surface area contributed by atoms with E-state index in [9.17, 15) is 23.2 Å². The summed E-state index contributed by atoms with van der Waals surface area (Å²) in [5.41, 5.74) is 2.96. The van der Waals surface area contributed by atoms with Crippen LogP contribution in [0.2, 0.25) is 0 Å². The number of amides is 3. The predicted molar refractivity (Wildman–Crippen MR) is 140 cm³/mol. The van der Waals surface area contributed by atoms with Gasteiger partial charge in [0.05, 0.1) is 17.5 Å². The monoisotopic (exact) mass is 531 g/mol. The number of benzene rings is 2. The van der Waals surface area contributed by atoms with Gasteiger partial charge >= 0.3 is 0 Å². The molecule has 10 heteroatoms. The summed E-state index contributed by atoms with van der Waals surface area (Å²) in [6, 6.07) is 11.2. The zero-order valence-corrected chi connectivity index (χ0v) is 21.3. The number of hydrogen-bond donors (Lipinski definition) is 3. The summed E-state index contributed by atoms with van der Waals surface area (Å²) in [6.07, 6.45) is 3.19. The molecule has 0 saturated carbocycles. The topological polar surface area (TPSA) is 103 Å². The Balaban J connectivity index is 1.21. The zero-order valence-electron chi connectivity index (χ0n) is 21.3. The molecule has 1 saturated heterocycles. The van der Waals surface area contributed by atoms with Crippen LogP contribution in [0.3, 0.4) is 0 Å². The first kappa shape index (κ1) is 25.1. The Hall–Kier alpha value is -4.18. The van der Waals surface area contributed by atoms with Crippen molar-refractivity contribution in [1.82, 2.24) is 15.2 Å². The molecule has 3 heterocycles. The molecule has 3 amide bonds. The molecule has 6 rings (SSSR count). The van der Waals surface area contributed by atoms with E-state index in [0.717, 1.165) is 22.8 Å². The van der Waals surface area contributed by atoms with Gasteiger partial charge in [0.25, 0.3) is 0 Å². The number of pyridine rings is 1. The number of anilines is 2. The van der Waals surface area contributed by atoms with Crippen LogP contribution in [0.4, 0.5) is 20.3 Å². The van der Waals surface area contributed by atoms with Gasteiger partial charge in [-0.3, -0.25) is 14.4 Å². The lowest BCUT2D eigenvalue weighted by Crippen LogP contribution is -2.57. The lowest BCUT2D eigenvalue weighted by Gasteiger charge is -2.39. The lowest BCUT2D eigenvalue weighted by atomic mass is 9.79. The minimum absolute atomic E-state index is 0.0829. The molecular weight excluding hydrogens is 504 g/mol. The molecule has 3 aliphatic rings. The van der Waals surface area contributed by atoms with Crippen LogP contribution >= 0.6 is 0 Å². The number of rotatable bonds is 5. The van der Waals surface area contributed by atoms with E-state index < -0.39 is 35.0 Å². The number of fused-ring (bicyclic) bond motifs is 3. The number of carbonyl (C=O) groups is 3. The van der Waals surface area contributed by atoms with Gasteiger partial charge in [0, 0.05) is 30.1 Å². The van der Waals surface area contributed by atoms with Crippen LogP contribution in [-0.4, -0.2) is 46.7 Å². The third-order valence-corrected chi connectivity index (χ3v) is 7.97. The maximum Gasteiger partial charge on any atom is 0.244 e. The average Bonchev–Trinajstić information content (AvgIpc) is 3.41. The summed E-state index contributed by atoms with van der Waals surface area (Å²) in [6.45, 7) is 1.84. The first-order valence-electron chi connectivity index (χ1n) is 13.0. The number of nitrogens with one attached hydrogen (secondary N) is 3. The highest BCUT2D eigenvalue weighted by Gasteiger charge is 2.51. The minimum atomic E-state index is -0.746. The maximum absolute atomic E-state index is 14.0. The van der Waals surface area contributed by atoms with Crippen molar-refractivity contribution in [2.45, 2.75) is 43.7 Å². The Morgan fingerprint density at radius 2 is 1.87 bits per heavy atom. The van der Waals surface area contributed by atoms with Gasteiger partial charge in [-0.25, -0.2) is 13.8 Å². The molecule has 0 unspecified atom stereocenters. The number of piperazine rings is 1. The van der Waals surface area contributed by atoms with Crippen molar-refractivity contribution in [3.05, 3.63) is 88.6 Å². The number of halogens is 2. The second-order valence-electron chi connectivity index (χ2n) is 10.4. The van der Waals surface area contributed by atoms with Gasteiger partial charge < -0.3 is 20.9 Å². The third-order valence-electron chi connectivity index (χ3n) is 7.97. The number of aromatic nitrogens is 1. The largest absolute Gasteiger partial charge is 0.325 e. The SMILES string of the molecule is CC[C@@H]1NC[C@H](c2cc(F)cc(F)c2)N(CC(=O)Nc2ccc3c(c2)C[C@@]2(C3)C(=O)Nc3ncccc32)C1=O. The van der Waals surface area contributed by atoms with Crippen molar-refractivity contribution >= 4 is 29.2 Å². The molecule has 3 aromatic rings. The molecule has 0 bridgehead atoms. The first-order valence-corrected chi connectivity index (χ1v) is 13.0. The van der Waals surface area contributed by atoms with Gasteiger partial charge in [-0.05, 0) is 66.3 Å². The average molecular weight is 532 g/mol. The molecule has 39 heavy (non-hydrogen) atoms. The standard InChI is InChI=1S/C29H27F2N5O3/c1-2-23-27(38)36(24(14-33-23)17-8-19(30)11-20(31)9-17)15-25(37)34-21-6-5-16-12-29(13-18(16)10-21)22-4-3-7-32-26(22)35-28(29)39/h3-11,23-24,33H,2,12-15H2,1H3,(H,34,37)(H,32,35,39)/t23-,24+,29+/m0/s1. The number of carbonyl (C=O) groups excluding carboxylic acids is 3. The van der Waals surface area contributed by atoms with Crippen molar-refractivity contribution in [3.63, 3.8) is 0 Å². The van der Waals surface area contributed by atoms with Gasteiger partial charge in [-0.15, -0.1) is 0 Å². The van der Waals surface area contributed by atoms with E-state index in [0.29, 0.717) is 30.8 Å². The molecule has 1 aromatic heterocycles. The van der Waals surface area contributed by atoms with Crippen molar-refractivity contribution in [2.75, 3.05) is 23.7 Å². The zero-order chi connectivity index (χ0) is 27.3. The summed E-state index contributed by atoms with van der Waals surface area (Å²) in [4.78, 5) is 45.0. The summed E-state index contributed by atoms with van der Waals surface area (Å²) in [5, 5.41) is 8.86. The molecule has 2 aromatic carbocycles. The number of nitrogens with zero attached hydrogens (tertiary/aromatic N) is 2. The van der Waals surface area contributed by atoms with Crippen molar-refractivity contribution in [2.24, 2.45) is 0 Å². The van der Waals surface area contributed by atoms with E-state index in [1.165, 1.54) is 17.0 Å². The second kappa shape index (κ2) is 9.53. The molecule has 8 nitrogen and oxygen atoms in total. The molecular formula is C29H27F2N5O3. The predicted octanol–water partition coefficient (Wildman–Crippen LogP) is 3.24. The van der Waals surface area contributed by atoms with Gasteiger partial charge in [-0.2, -0.15) is 0 Å². The smallest absolute Gasteiger partial charge is 0.244 e. The molecule has 1 aliphatic carbocycles. The Morgan fingerprint density at radius 1 is 1.10 bits per heavy atom. The molecule has 0 radical (unpaired) electrons. The Bertz CT molecular complexity index is 1490. The van der Waals surface area contributed by atoms with E-state index in [1.54, 1.807) is 12.3 Å². The first-order chi connectivity index (χ1) is 18.8. The fourth-order valence-corrected chi connectivity index (χ4v) is 6.08. The van der Waals surface area contributed by atoms with Crippen LogP contribution in [0.15, 0.2) is 54.7 Å². The highest BCUT2D eigenvalue weighted by atomic mass is 19.1. The fourth-order valence-electron chi connectivity index (χ4n) is 6.08. The van der Waals surface area contributed by atoms with Gasteiger partial charge in [-0.1, -0.05) is 19.1 Å². The van der Waals surface area contributed by atoms with Crippen LogP contribution in [0.5, 0.6) is 0 Å². The van der Waals surface area contributed by atoms with Crippen molar-refractivity contribution < 1.29 is 23.2 Å². The fraction of sp³-hybridized carbons (Fsp3) is 0.310. The third kappa shape index (κ3) is 4.34. The molecule has 3 atom stereocenters. The second-order valence-corrected chi connectivity index (χ2v) is 10.4. The normalized spacial score (nSPS) is 23.5. The van der Waals surface area contributed by atoms with Crippen LogP contribution in [0, 0.1) is 11.6 Å². The summed E-state index contributed by atoms with van der Waals surface area (Å²) in [5.74, 6) is -1.72. The Labute approximate surface area is 223 Å². The summed E-state index contributed by atoms with van der Waals surface area (Å²) < 4.78 is 27.9. The van der Waals surface area contributed by atoms with Crippen LogP contribution in [0.25, 0.3) is 0 Å². The highest BCUT2D eigenvalue weighted by Crippen LogP contribution is 2.47. The van der Waals surface area contributed by atoms with E-state index in [4.69, 9.17) is 0 Å². The van der Waals surface area contributed by atoms with Gasteiger partial charge in [0.2, 0.25) is 17.7 Å². The van der Waals surface area contributed by atoms with E-state index >= 15 is 0 Å². The highest BCUT2D eigenvalue weighted by molar-refractivity contribution is 6.06. The minimum Gasteiger partial charge on any atom is -0.325 e. The molecule has 1 fully saturated rings. The van der Waals surface area contributed by atoms with Crippen LogP contribution in [-0.2, 0) is 32.6 Å². The molecule has 2 aliphatic heterocycles. The number of hydrogen-bond acceptors (Lipinski definition) is 5. The summed E-state index contributed by atoms with van der Waals surface area (Å²) in [7, 11) is 0. The Morgan fingerprint density at radius 3 is 2.64 bits per heavy atom. The van der Waals surface area contributed by atoms with Crippen LogP contribution < -0.4 is 16.0 Å². The molecule has 1 spiro atoms. The van der Waals surface area contributed by atoms with E-state index in [2.05, 4.69) is 20.9 Å². The van der Waals surface area contributed by atoms with Gasteiger partial charge in [0.1, 0.15) is 24.0 Å². The van der Waals surface area contributed by atoms with Crippen molar-refractivity contribution in [1.29, 1.82) is 0 Å². The van der Waals surface area contributed by atoms with Crippen LogP contribution in [0.1, 0.15) is 41.6 Å². The van der Waals surface area contributed by atoms with E-state index in [1.807, 2.05) is 31.2 Å². The van der Waals surface area contributed by atoms with Gasteiger partial charge in [0.15, 0.2) is 0 Å².